The molecule has 2 N–H and O–H groups in total. The standard InChI is InChI=1S/C20H40N4O.HI/c1-16-9-6-7-12-24(16)13-11-22-19(21-5)23-15-17-10-8-14-25-18(17)20(2,3)4;/h16-18H,6-15H2,1-5H3,(H2,21,22,23);1H. The molecular formula is C20H41IN4O. The second-order valence-electron chi connectivity index (χ2n) is 8.82. The highest BCUT2D eigenvalue weighted by atomic mass is 127. The molecule has 2 aliphatic heterocycles. The molecule has 154 valence electrons. The summed E-state index contributed by atoms with van der Waals surface area (Å²) in [5.74, 6) is 1.47. The van der Waals surface area contributed by atoms with Gasteiger partial charge in [0.1, 0.15) is 0 Å². The van der Waals surface area contributed by atoms with E-state index in [4.69, 9.17) is 4.74 Å². The van der Waals surface area contributed by atoms with Gasteiger partial charge >= 0.3 is 0 Å². The van der Waals surface area contributed by atoms with Gasteiger partial charge in [0.25, 0.3) is 0 Å². The minimum atomic E-state index is 0. The van der Waals surface area contributed by atoms with Crippen molar-refractivity contribution in [3.8, 4) is 0 Å². The van der Waals surface area contributed by atoms with Crippen molar-refractivity contribution in [2.75, 3.05) is 39.8 Å². The fraction of sp³-hybridized carbons (Fsp3) is 0.950. The SMILES string of the molecule is CN=C(NCCN1CCCCC1C)NCC1CCCOC1C(C)(C)C.I. The average molecular weight is 480 g/mol. The molecule has 5 nitrogen and oxygen atoms in total. The third-order valence-corrected chi connectivity index (χ3v) is 5.69. The summed E-state index contributed by atoms with van der Waals surface area (Å²) in [6.45, 7) is 14.3. The van der Waals surface area contributed by atoms with Crippen LogP contribution in [0.4, 0.5) is 0 Å². The van der Waals surface area contributed by atoms with E-state index >= 15 is 0 Å². The van der Waals surface area contributed by atoms with Gasteiger partial charge in [-0.15, -0.1) is 24.0 Å². The molecule has 2 aliphatic rings. The van der Waals surface area contributed by atoms with Gasteiger partial charge in [0.05, 0.1) is 6.10 Å². The highest BCUT2D eigenvalue weighted by molar-refractivity contribution is 14.0. The molecule has 0 aliphatic carbocycles. The molecule has 26 heavy (non-hydrogen) atoms. The fourth-order valence-electron chi connectivity index (χ4n) is 4.27. The third-order valence-electron chi connectivity index (χ3n) is 5.69. The molecule has 0 aromatic heterocycles. The minimum absolute atomic E-state index is 0. The second kappa shape index (κ2) is 11.7. The number of hydrogen-bond donors (Lipinski definition) is 2. The highest BCUT2D eigenvalue weighted by Crippen LogP contribution is 2.33. The van der Waals surface area contributed by atoms with Crippen LogP contribution in [0, 0.1) is 11.3 Å². The van der Waals surface area contributed by atoms with E-state index in [1.807, 2.05) is 7.05 Å². The zero-order valence-corrected chi connectivity index (χ0v) is 19.8. The van der Waals surface area contributed by atoms with Crippen LogP contribution in [0.3, 0.4) is 0 Å². The lowest BCUT2D eigenvalue weighted by Gasteiger charge is -2.40. The van der Waals surface area contributed by atoms with Gasteiger partial charge in [-0.3, -0.25) is 9.89 Å². The van der Waals surface area contributed by atoms with Crippen LogP contribution in [0.15, 0.2) is 4.99 Å². The summed E-state index contributed by atoms with van der Waals surface area (Å²) in [6, 6.07) is 0.720. The van der Waals surface area contributed by atoms with Crippen molar-refractivity contribution in [3.05, 3.63) is 0 Å². The van der Waals surface area contributed by atoms with E-state index in [-0.39, 0.29) is 29.4 Å². The Bertz CT molecular complexity index is 425. The summed E-state index contributed by atoms with van der Waals surface area (Å²) in [7, 11) is 1.86. The summed E-state index contributed by atoms with van der Waals surface area (Å²) in [5, 5.41) is 7.02. The number of guanidine groups is 1. The van der Waals surface area contributed by atoms with Crippen molar-refractivity contribution >= 4 is 29.9 Å². The molecule has 2 heterocycles. The van der Waals surface area contributed by atoms with Crippen molar-refractivity contribution in [1.29, 1.82) is 0 Å². The monoisotopic (exact) mass is 480 g/mol. The van der Waals surface area contributed by atoms with Crippen LogP contribution < -0.4 is 10.6 Å². The van der Waals surface area contributed by atoms with Gasteiger partial charge < -0.3 is 15.4 Å². The van der Waals surface area contributed by atoms with Crippen molar-refractivity contribution < 1.29 is 4.74 Å². The molecular weight excluding hydrogens is 439 g/mol. The van der Waals surface area contributed by atoms with Gasteiger partial charge in [0, 0.05) is 45.2 Å². The largest absolute Gasteiger partial charge is 0.377 e. The van der Waals surface area contributed by atoms with Crippen molar-refractivity contribution in [3.63, 3.8) is 0 Å². The molecule has 3 atom stereocenters. The van der Waals surface area contributed by atoms with E-state index in [0.717, 1.165) is 44.7 Å². The molecule has 0 amide bonds. The number of hydrogen-bond acceptors (Lipinski definition) is 3. The summed E-state index contributed by atoms with van der Waals surface area (Å²) in [6.07, 6.45) is 6.78. The Hall–Kier alpha value is -0.0800. The van der Waals surface area contributed by atoms with E-state index in [0.29, 0.717) is 12.0 Å². The Labute approximate surface area is 178 Å². The molecule has 0 bridgehead atoms. The van der Waals surface area contributed by atoms with Crippen LogP contribution >= 0.6 is 24.0 Å². The first kappa shape index (κ1) is 24.0. The maximum atomic E-state index is 6.09. The van der Waals surface area contributed by atoms with Gasteiger partial charge in [0.2, 0.25) is 0 Å². The van der Waals surface area contributed by atoms with Gasteiger partial charge in [-0.1, -0.05) is 27.2 Å². The number of nitrogens with zero attached hydrogens (tertiary/aromatic N) is 2. The van der Waals surface area contributed by atoms with Crippen LogP contribution in [0.1, 0.15) is 59.8 Å². The van der Waals surface area contributed by atoms with Gasteiger partial charge in [-0.25, -0.2) is 0 Å². The fourth-order valence-corrected chi connectivity index (χ4v) is 4.27. The Kier molecular flexibility index (Phi) is 10.8. The molecule has 3 unspecified atom stereocenters. The normalized spacial score (nSPS) is 28.3. The van der Waals surface area contributed by atoms with Crippen LogP contribution in [0.25, 0.3) is 0 Å². The zero-order chi connectivity index (χ0) is 18.3. The van der Waals surface area contributed by atoms with E-state index in [9.17, 15) is 0 Å². The molecule has 2 rings (SSSR count). The number of halogens is 1. The second-order valence-corrected chi connectivity index (χ2v) is 8.82. The lowest BCUT2D eigenvalue weighted by molar-refractivity contribution is -0.0835. The zero-order valence-electron chi connectivity index (χ0n) is 17.5. The molecule has 0 saturated carbocycles. The molecule has 0 spiro atoms. The third kappa shape index (κ3) is 7.50. The van der Waals surface area contributed by atoms with Crippen molar-refractivity contribution in [1.82, 2.24) is 15.5 Å². The van der Waals surface area contributed by atoms with Crippen molar-refractivity contribution in [2.45, 2.75) is 71.9 Å². The number of piperidine rings is 1. The number of ether oxygens (including phenoxy) is 1. The molecule has 0 radical (unpaired) electrons. The van der Waals surface area contributed by atoms with E-state index in [1.165, 1.54) is 32.2 Å². The van der Waals surface area contributed by atoms with Gasteiger partial charge in [0.15, 0.2) is 5.96 Å². The quantitative estimate of drug-likeness (QED) is 0.360. The lowest BCUT2D eigenvalue weighted by Crippen LogP contribution is -2.49. The lowest BCUT2D eigenvalue weighted by atomic mass is 9.78. The molecule has 2 saturated heterocycles. The maximum Gasteiger partial charge on any atom is 0.191 e. The Morgan fingerprint density at radius 1 is 1.15 bits per heavy atom. The maximum absolute atomic E-state index is 6.09. The van der Waals surface area contributed by atoms with Gasteiger partial charge in [-0.2, -0.15) is 0 Å². The molecule has 6 heteroatoms. The first-order valence-corrected chi connectivity index (χ1v) is 10.2. The Morgan fingerprint density at radius 2 is 1.92 bits per heavy atom. The van der Waals surface area contributed by atoms with Gasteiger partial charge in [-0.05, 0) is 44.6 Å². The molecule has 0 aromatic rings. The summed E-state index contributed by atoms with van der Waals surface area (Å²) in [4.78, 5) is 6.99. The average Bonchev–Trinajstić information content (AvgIpc) is 2.59. The van der Waals surface area contributed by atoms with Crippen LogP contribution in [-0.4, -0.2) is 62.8 Å². The Balaban J connectivity index is 0.00000338. The van der Waals surface area contributed by atoms with E-state index < -0.39 is 0 Å². The summed E-state index contributed by atoms with van der Waals surface area (Å²) in [5.41, 5.74) is 0.189. The number of rotatable bonds is 5. The number of nitrogens with one attached hydrogen (secondary N) is 2. The predicted molar refractivity (Wildman–Crippen MR) is 122 cm³/mol. The van der Waals surface area contributed by atoms with Crippen molar-refractivity contribution in [2.24, 2.45) is 16.3 Å². The van der Waals surface area contributed by atoms with Crippen LogP contribution in [0.2, 0.25) is 0 Å². The van der Waals surface area contributed by atoms with Crippen LogP contribution in [-0.2, 0) is 4.74 Å². The number of likely N-dealkylation sites (tertiary alicyclic amines) is 1. The first-order chi connectivity index (χ1) is 11.9. The smallest absolute Gasteiger partial charge is 0.191 e. The molecule has 2 fully saturated rings. The number of aliphatic imine (C=N–C) groups is 1. The molecule has 0 aromatic carbocycles. The topological polar surface area (TPSA) is 48.9 Å². The van der Waals surface area contributed by atoms with Crippen LogP contribution in [0.5, 0.6) is 0 Å². The highest BCUT2D eigenvalue weighted by Gasteiger charge is 2.35. The Morgan fingerprint density at radius 3 is 2.58 bits per heavy atom. The predicted octanol–water partition coefficient (Wildman–Crippen LogP) is 3.49. The summed E-state index contributed by atoms with van der Waals surface area (Å²) < 4.78 is 6.09. The minimum Gasteiger partial charge on any atom is -0.377 e. The van der Waals surface area contributed by atoms with E-state index in [2.05, 4.69) is 48.2 Å². The first-order valence-electron chi connectivity index (χ1n) is 10.2. The van der Waals surface area contributed by atoms with E-state index in [1.54, 1.807) is 0 Å². The summed E-state index contributed by atoms with van der Waals surface area (Å²) >= 11 is 0.